The predicted molar refractivity (Wildman–Crippen MR) is 130 cm³/mol. The third-order valence-corrected chi connectivity index (χ3v) is 5.76. The number of halogens is 1. The third-order valence-electron chi connectivity index (χ3n) is 5.76. The molecule has 8 nitrogen and oxygen atoms in total. The number of nitrogens with one attached hydrogen (secondary N) is 2. The lowest BCUT2D eigenvalue weighted by Gasteiger charge is -2.32. The van der Waals surface area contributed by atoms with Crippen LogP contribution in [-0.2, 0) is 30.0 Å². The van der Waals surface area contributed by atoms with Gasteiger partial charge in [0.05, 0.1) is 13.2 Å². The molecule has 1 aliphatic rings. The SMILES string of the molecule is CCNc1cc(F)ccc1CNC(=O)c1nc2n(c(=O)c1OCc1ccccc1)CCOC2(C)C. The normalized spacial score (nSPS) is 14.2. The van der Waals surface area contributed by atoms with E-state index in [9.17, 15) is 14.0 Å². The Balaban J connectivity index is 1.67. The molecule has 35 heavy (non-hydrogen) atoms. The largest absolute Gasteiger partial charge is 0.481 e. The molecular weight excluding hydrogens is 451 g/mol. The first kappa shape index (κ1) is 24.4. The van der Waals surface area contributed by atoms with Crippen molar-refractivity contribution in [3.05, 3.63) is 87.3 Å². The zero-order valence-corrected chi connectivity index (χ0v) is 20.1. The van der Waals surface area contributed by atoms with Crippen LogP contribution in [0.2, 0.25) is 0 Å². The van der Waals surface area contributed by atoms with Crippen molar-refractivity contribution in [1.29, 1.82) is 0 Å². The lowest BCUT2D eigenvalue weighted by Crippen LogP contribution is -2.43. The van der Waals surface area contributed by atoms with Gasteiger partial charge < -0.3 is 20.1 Å². The first-order valence-corrected chi connectivity index (χ1v) is 11.6. The summed E-state index contributed by atoms with van der Waals surface area (Å²) in [6.45, 7) is 6.99. The number of benzene rings is 2. The molecule has 0 spiro atoms. The summed E-state index contributed by atoms with van der Waals surface area (Å²) in [5.41, 5.74) is 0.754. The number of fused-ring (bicyclic) bond motifs is 1. The van der Waals surface area contributed by atoms with E-state index >= 15 is 0 Å². The van der Waals surface area contributed by atoms with E-state index in [0.717, 1.165) is 5.56 Å². The number of rotatable bonds is 8. The van der Waals surface area contributed by atoms with Gasteiger partial charge in [0.25, 0.3) is 11.5 Å². The minimum Gasteiger partial charge on any atom is -0.481 e. The van der Waals surface area contributed by atoms with Crippen molar-refractivity contribution in [2.45, 2.75) is 46.1 Å². The number of hydrogen-bond donors (Lipinski definition) is 2. The van der Waals surface area contributed by atoms with Crippen LogP contribution >= 0.6 is 0 Å². The maximum absolute atomic E-state index is 13.7. The van der Waals surface area contributed by atoms with Crippen LogP contribution in [0.4, 0.5) is 10.1 Å². The number of aromatic nitrogens is 2. The Kier molecular flexibility index (Phi) is 7.16. The van der Waals surface area contributed by atoms with Crippen LogP contribution in [0.15, 0.2) is 53.3 Å². The van der Waals surface area contributed by atoms with Gasteiger partial charge in [0.2, 0.25) is 5.75 Å². The van der Waals surface area contributed by atoms with Crippen LogP contribution in [0.3, 0.4) is 0 Å². The van der Waals surface area contributed by atoms with Crippen molar-refractivity contribution in [3.63, 3.8) is 0 Å². The fraction of sp³-hybridized carbons (Fsp3) is 0.346. The third kappa shape index (κ3) is 5.35. The minimum absolute atomic E-state index is 0.108. The summed E-state index contributed by atoms with van der Waals surface area (Å²) in [5.74, 6) is -0.694. The summed E-state index contributed by atoms with van der Waals surface area (Å²) in [4.78, 5) is 31.3. The van der Waals surface area contributed by atoms with E-state index in [2.05, 4.69) is 15.6 Å². The molecule has 3 aromatic rings. The molecule has 9 heteroatoms. The Bertz CT molecular complexity index is 1270. The summed E-state index contributed by atoms with van der Waals surface area (Å²) in [7, 11) is 0. The maximum atomic E-state index is 13.7. The maximum Gasteiger partial charge on any atom is 0.296 e. The molecule has 0 radical (unpaired) electrons. The van der Waals surface area contributed by atoms with Crippen molar-refractivity contribution in [3.8, 4) is 5.75 Å². The van der Waals surface area contributed by atoms with Gasteiger partial charge in [-0.05, 0) is 44.0 Å². The van der Waals surface area contributed by atoms with Gasteiger partial charge in [-0.15, -0.1) is 0 Å². The van der Waals surface area contributed by atoms with Gasteiger partial charge >= 0.3 is 0 Å². The fourth-order valence-electron chi connectivity index (χ4n) is 3.99. The molecule has 0 unspecified atom stereocenters. The first-order valence-electron chi connectivity index (χ1n) is 11.6. The zero-order chi connectivity index (χ0) is 25.0. The average Bonchev–Trinajstić information content (AvgIpc) is 2.83. The highest BCUT2D eigenvalue weighted by molar-refractivity contribution is 5.94. The van der Waals surface area contributed by atoms with Gasteiger partial charge in [-0.2, -0.15) is 0 Å². The van der Waals surface area contributed by atoms with Gasteiger partial charge in [-0.25, -0.2) is 9.37 Å². The standard InChI is InChI=1S/C26H29FN4O4/c1-4-28-20-14-19(27)11-10-18(20)15-29-23(32)21-22(34-16-17-8-6-5-7-9-17)24(33)31-12-13-35-26(2,3)25(31)30-21/h5-11,14,28H,4,12-13,15-16H2,1-3H3,(H,29,32). The van der Waals surface area contributed by atoms with E-state index in [-0.39, 0.29) is 30.4 Å². The van der Waals surface area contributed by atoms with Crippen molar-refractivity contribution < 1.29 is 18.7 Å². The Labute approximate surface area is 203 Å². The molecule has 0 saturated heterocycles. The molecule has 1 aliphatic heterocycles. The molecule has 0 bridgehead atoms. The zero-order valence-electron chi connectivity index (χ0n) is 20.1. The van der Waals surface area contributed by atoms with Crippen molar-refractivity contribution >= 4 is 11.6 Å². The van der Waals surface area contributed by atoms with Gasteiger partial charge in [0.1, 0.15) is 23.8 Å². The lowest BCUT2D eigenvalue weighted by atomic mass is 10.1. The van der Waals surface area contributed by atoms with Crippen molar-refractivity contribution in [2.24, 2.45) is 0 Å². The number of anilines is 1. The van der Waals surface area contributed by atoms with E-state index in [0.29, 0.717) is 36.8 Å². The van der Waals surface area contributed by atoms with Crippen molar-refractivity contribution in [2.75, 3.05) is 18.5 Å². The molecule has 184 valence electrons. The van der Waals surface area contributed by atoms with Gasteiger partial charge in [-0.1, -0.05) is 36.4 Å². The number of carbonyl (C=O) groups excluding carboxylic acids is 1. The molecule has 0 fully saturated rings. The number of amides is 1. The highest BCUT2D eigenvalue weighted by Crippen LogP contribution is 2.28. The summed E-state index contributed by atoms with van der Waals surface area (Å²) in [6.07, 6.45) is 0. The molecule has 0 aliphatic carbocycles. The van der Waals surface area contributed by atoms with Gasteiger partial charge in [0.15, 0.2) is 5.69 Å². The summed E-state index contributed by atoms with van der Waals surface area (Å²) >= 11 is 0. The molecule has 2 aromatic carbocycles. The molecule has 2 N–H and O–H groups in total. The number of hydrogen-bond acceptors (Lipinski definition) is 6. The summed E-state index contributed by atoms with van der Waals surface area (Å²) < 4.78 is 26.9. The molecule has 1 amide bonds. The average molecular weight is 481 g/mol. The first-order chi connectivity index (χ1) is 16.8. The Morgan fingerprint density at radius 3 is 2.74 bits per heavy atom. The van der Waals surface area contributed by atoms with E-state index in [1.54, 1.807) is 19.9 Å². The van der Waals surface area contributed by atoms with Crippen LogP contribution in [0.1, 0.15) is 48.2 Å². The summed E-state index contributed by atoms with van der Waals surface area (Å²) in [6, 6.07) is 13.7. The molecule has 1 aromatic heterocycles. The van der Waals surface area contributed by atoms with E-state index in [4.69, 9.17) is 9.47 Å². The Morgan fingerprint density at radius 2 is 2.00 bits per heavy atom. The van der Waals surface area contributed by atoms with Crippen LogP contribution < -0.4 is 20.9 Å². The Hall–Kier alpha value is -3.72. The number of carbonyl (C=O) groups is 1. The van der Waals surface area contributed by atoms with E-state index in [1.807, 2.05) is 37.3 Å². The molecule has 0 saturated carbocycles. The number of ether oxygens (including phenoxy) is 2. The van der Waals surface area contributed by atoms with Crippen LogP contribution in [0, 0.1) is 5.82 Å². The quantitative estimate of drug-likeness (QED) is 0.512. The summed E-state index contributed by atoms with van der Waals surface area (Å²) in [5, 5.41) is 5.89. The lowest BCUT2D eigenvalue weighted by molar-refractivity contribution is -0.0567. The second kappa shape index (κ2) is 10.3. The number of nitrogens with zero attached hydrogens (tertiary/aromatic N) is 2. The fourth-order valence-corrected chi connectivity index (χ4v) is 3.99. The molecular formula is C26H29FN4O4. The second-order valence-corrected chi connectivity index (χ2v) is 8.72. The highest BCUT2D eigenvalue weighted by atomic mass is 19.1. The van der Waals surface area contributed by atoms with E-state index in [1.165, 1.54) is 16.7 Å². The topological polar surface area (TPSA) is 94.5 Å². The van der Waals surface area contributed by atoms with Crippen LogP contribution in [-0.4, -0.2) is 28.6 Å². The molecule has 0 atom stereocenters. The smallest absolute Gasteiger partial charge is 0.296 e. The van der Waals surface area contributed by atoms with Gasteiger partial charge in [0, 0.05) is 18.8 Å². The second-order valence-electron chi connectivity index (χ2n) is 8.72. The molecule has 2 heterocycles. The van der Waals surface area contributed by atoms with Crippen molar-refractivity contribution in [1.82, 2.24) is 14.9 Å². The van der Waals surface area contributed by atoms with E-state index < -0.39 is 17.1 Å². The van der Waals surface area contributed by atoms with Crippen LogP contribution in [0.25, 0.3) is 0 Å². The minimum atomic E-state index is -0.848. The van der Waals surface area contributed by atoms with Gasteiger partial charge in [-0.3, -0.25) is 14.2 Å². The monoisotopic (exact) mass is 480 g/mol. The highest BCUT2D eigenvalue weighted by Gasteiger charge is 2.35. The Morgan fingerprint density at radius 1 is 1.23 bits per heavy atom. The van der Waals surface area contributed by atoms with Crippen LogP contribution in [0.5, 0.6) is 5.75 Å². The molecule has 4 rings (SSSR count). The predicted octanol–water partition coefficient (Wildman–Crippen LogP) is 3.59.